The van der Waals surface area contributed by atoms with Gasteiger partial charge in [-0.2, -0.15) is 5.10 Å². The van der Waals surface area contributed by atoms with Gasteiger partial charge < -0.3 is 19.9 Å². The molecule has 1 saturated heterocycles. The highest BCUT2D eigenvalue weighted by Crippen LogP contribution is 2.26. The van der Waals surface area contributed by atoms with Crippen molar-refractivity contribution in [2.75, 3.05) is 25.1 Å². The fraction of sp³-hybridized carbons (Fsp3) is 0.250. The van der Waals surface area contributed by atoms with Gasteiger partial charge in [0.2, 0.25) is 0 Å². The summed E-state index contributed by atoms with van der Waals surface area (Å²) in [5, 5.41) is 11.9. The second-order valence-corrected chi connectivity index (χ2v) is 7.90. The van der Waals surface area contributed by atoms with Crippen molar-refractivity contribution in [2.24, 2.45) is 0 Å². The molecule has 3 N–H and O–H groups in total. The van der Waals surface area contributed by atoms with E-state index in [9.17, 15) is 4.79 Å². The number of carbonyl (C=O) groups excluding carboxylic acids is 1. The first-order valence-corrected chi connectivity index (χ1v) is 10.5. The molecule has 2 aromatic carbocycles. The zero-order chi connectivity index (χ0) is 21.2. The summed E-state index contributed by atoms with van der Waals surface area (Å²) >= 11 is 0. The van der Waals surface area contributed by atoms with Crippen LogP contribution >= 0.6 is 0 Å². The van der Waals surface area contributed by atoms with Gasteiger partial charge in [-0.1, -0.05) is 18.2 Å². The number of H-pyrrole nitrogens is 2. The van der Waals surface area contributed by atoms with Crippen molar-refractivity contribution in [3.05, 3.63) is 66.4 Å². The van der Waals surface area contributed by atoms with Gasteiger partial charge in [-0.15, -0.1) is 0 Å². The number of methoxy groups -OCH3 is 1. The summed E-state index contributed by atoms with van der Waals surface area (Å²) in [6.45, 7) is 1.66. The highest BCUT2D eigenvalue weighted by Gasteiger charge is 2.24. The van der Waals surface area contributed by atoms with Gasteiger partial charge in [0.05, 0.1) is 12.8 Å². The lowest BCUT2D eigenvalue weighted by atomic mass is 10.1. The van der Waals surface area contributed by atoms with E-state index in [1.54, 1.807) is 7.11 Å². The van der Waals surface area contributed by atoms with Crippen LogP contribution in [0, 0.1) is 0 Å². The number of ether oxygens (including phenoxy) is 1. The minimum absolute atomic E-state index is 0.0657. The molecule has 0 radical (unpaired) electrons. The number of para-hydroxylation sites is 1. The Morgan fingerprint density at radius 2 is 2.00 bits per heavy atom. The summed E-state index contributed by atoms with van der Waals surface area (Å²) < 4.78 is 5.23. The number of aromatic nitrogens is 3. The third kappa shape index (κ3) is 3.99. The Bertz CT molecular complexity index is 1160. The molecule has 158 valence electrons. The predicted octanol–water partition coefficient (Wildman–Crippen LogP) is 3.97. The summed E-state index contributed by atoms with van der Waals surface area (Å²) in [6, 6.07) is 19.8. The number of nitrogens with zero attached hydrogens (tertiary/aromatic N) is 2. The Hall–Kier alpha value is -3.74. The second kappa shape index (κ2) is 8.18. The molecule has 0 unspecified atom stereocenters. The molecule has 3 heterocycles. The number of benzene rings is 2. The average molecular weight is 415 g/mol. The highest BCUT2D eigenvalue weighted by molar-refractivity contribution is 5.98. The molecule has 0 saturated carbocycles. The average Bonchev–Trinajstić information content (AvgIpc) is 3.47. The minimum Gasteiger partial charge on any atom is -0.497 e. The lowest BCUT2D eigenvalue weighted by molar-refractivity contribution is 0.0929. The van der Waals surface area contributed by atoms with Crippen LogP contribution in [0.2, 0.25) is 0 Å². The fourth-order valence-corrected chi connectivity index (χ4v) is 4.15. The largest absolute Gasteiger partial charge is 0.497 e. The van der Waals surface area contributed by atoms with Crippen molar-refractivity contribution < 1.29 is 9.53 Å². The van der Waals surface area contributed by atoms with Crippen molar-refractivity contribution >= 4 is 22.6 Å². The number of amides is 1. The van der Waals surface area contributed by atoms with E-state index in [1.165, 1.54) is 0 Å². The number of hydrogen-bond donors (Lipinski definition) is 3. The summed E-state index contributed by atoms with van der Waals surface area (Å²) in [5.74, 6) is 1.66. The summed E-state index contributed by atoms with van der Waals surface area (Å²) in [7, 11) is 1.66. The zero-order valence-electron chi connectivity index (χ0n) is 17.4. The number of hydrogen-bond acceptors (Lipinski definition) is 4. The SMILES string of the molecule is COc1ccc(-c2cc(N3CCC[C@H](NC(=O)c4cc5ccccc5[nH]4)C3)n[nH]2)cc1. The topological polar surface area (TPSA) is 86.0 Å². The van der Waals surface area contributed by atoms with Crippen molar-refractivity contribution in [1.29, 1.82) is 0 Å². The molecule has 2 aromatic heterocycles. The van der Waals surface area contributed by atoms with Gasteiger partial charge in [0, 0.05) is 36.1 Å². The maximum absolute atomic E-state index is 12.8. The zero-order valence-corrected chi connectivity index (χ0v) is 17.4. The number of nitrogens with one attached hydrogen (secondary N) is 3. The quantitative estimate of drug-likeness (QED) is 0.460. The molecule has 0 aliphatic carbocycles. The number of carbonyl (C=O) groups is 1. The Labute approximate surface area is 180 Å². The molecular weight excluding hydrogens is 390 g/mol. The number of aromatic amines is 2. The van der Waals surface area contributed by atoms with E-state index in [1.807, 2.05) is 54.6 Å². The number of fused-ring (bicyclic) bond motifs is 1. The Morgan fingerprint density at radius 3 is 2.81 bits per heavy atom. The van der Waals surface area contributed by atoms with Crippen LogP contribution in [-0.4, -0.2) is 47.3 Å². The summed E-state index contributed by atoms with van der Waals surface area (Å²) in [6.07, 6.45) is 1.96. The third-order valence-electron chi connectivity index (χ3n) is 5.82. The van der Waals surface area contributed by atoms with Crippen LogP contribution < -0.4 is 15.0 Å². The number of piperidine rings is 1. The van der Waals surface area contributed by atoms with Gasteiger partial charge in [-0.25, -0.2) is 0 Å². The van der Waals surface area contributed by atoms with E-state index in [0.29, 0.717) is 5.69 Å². The van der Waals surface area contributed by atoms with Crippen LogP contribution in [0.25, 0.3) is 22.2 Å². The van der Waals surface area contributed by atoms with Crippen LogP contribution in [0.4, 0.5) is 5.82 Å². The van der Waals surface area contributed by atoms with E-state index in [4.69, 9.17) is 4.74 Å². The molecule has 0 spiro atoms. The Morgan fingerprint density at radius 1 is 1.16 bits per heavy atom. The minimum atomic E-state index is -0.0657. The Balaban J connectivity index is 1.26. The smallest absolute Gasteiger partial charge is 0.268 e. The molecule has 1 atom stereocenters. The van der Waals surface area contributed by atoms with Crippen LogP contribution in [0.15, 0.2) is 60.7 Å². The van der Waals surface area contributed by atoms with E-state index in [-0.39, 0.29) is 11.9 Å². The molecule has 1 aliphatic rings. The fourth-order valence-electron chi connectivity index (χ4n) is 4.15. The van der Waals surface area contributed by atoms with E-state index >= 15 is 0 Å². The molecule has 31 heavy (non-hydrogen) atoms. The summed E-state index contributed by atoms with van der Waals surface area (Å²) in [4.78, 5) is 18.2. The monoisotopic (exact) mass is 415 g/mol. The maximum atomic E-state index is 12.8. The van der Waals surface area contributed by atoms with E-state index in [2.05, 4.69) is 31.5 Å². The number of anilines is 1. The first kappa shape index (κ1) is 19.2. The van der Waals surface area contributed by atoms with Crippen LogP contribution in [-0.2, 0) is 0 Å². The van der Waals surface area contributed by atoms with Crippen LogP contribution in [0.3, 0.4) is 0 Å². The normalized spacial score (nSPS) is 16.4. The van der Waals surface area contributed by atoms with Gasteiger partial charge in [-0.3, -0.25) is 9.89 Å². The molecule has 1 aliphatic heterocycles. The Kier molecular flexibility index (Phi) is 5.08. The molecule has 4 aromatic rings. The molecule has 1 fully saturated rings. The predicted molar refractivity (Wildman–Crippen MR) is 122 cm³/mol. The highest BCUT2D eigenvalue weighted by atomic mass is 16.5. The molecule has 5 rings (SSSR count). The van der Waals surface area contributed by atoms with Gasteiger partial charge in [0.1, 0.15) is 11.4 Å². The molecule has 7 nitrogen and oxygen atoms in total. The standard InChI is InChI=1S/C24H25N5O2/c1-31-19-10-8-16(9-11-19)21-14-23(28-27-21)29-12-4-6-18(15-29)25-24(30)22-13-17-5-2-3-7-20(17)26-22/h2-3,5,7-11,13-14,18,26H,4,6,12,15H2,1H3,(H,25,30)(H,27,28)/t18-/m0/s1. The molecule has 0 bridgehead atoms. The van der Waals surface area contributed by atoms with Crippen LogP contribution in [0.5, 0.6) is 5.75 Å². The van der Waals surface area contributed by atoms with Crippen LogP contribution in [0.1, 0.15) is 23.3 Å². The lowest BCUT2D eigenvalue weighted by Crippen LogP contribution is -2.48. The van der Waals surface area contributed by atoms with Gasteiger partial charge in [0.25, 0.3) is 5.91 Å². The van der Waals surface area contributed by atoms with Crippen molar-refractivity contribution in [3.8, 4) is 17.0 Å². The van der Waals surface area contributed by atoms with Gasteiger partial charge in [-0.05, 0) is 54.8 Å². The van der Waals surface area contributed by atoms with Crippen molar-refractivity contribution in [2.45, 2.75) is 18.9 Å². The van der Waals surface area contributed by atoms with Gasteiger partial charge >= 0.3 is 0 Å². The third-order valence-corrected chi connectivity index (χ3v) is 5.82. The first-order valence-electron chi connectivity index (χ1n) is 10.5. The van der Waals surface area contributed by atoms with Crippen molar-refractivity contribution in [1.82, 2.24) is 20.5 Å². The summed E-state index contributed by atoms with van der Waals surface area (Å²) in [5.41, 5.74) is 3.59. The molecular formula is C24H25N5O2. The van der Waals surface area contributed by atoms with Gasteiger partial charge in [0.15, 0.2) is 5.82 Å². The number of rotatable bonds is 5. The lowest BCUT2D eigenvalue weighted by Gasteiger charge is -2.33. The van der Waals surface area contributed by atoms with Crippen molar-refractivity contribution in [3.63, 3.8) is 0 Å². The van der Waals surface area contributed by atoms with E-state index in [0.717, 1.165) is 59.7 Å². The van der Waals surface area contributed by atoms with E-state index < -0.39 is 0 Å². The first-order chi connectivity index (χ1) is 15.2. The second-order valence-electron chi connectivity index (χ2n) is 7.90. The molecule has 7 heteroatoms. The maximum Gasteiger partial charge on any atom is 0.268 e. The molecule has 1 amide bonds.